The summed E-state index contributed by atoms with van der Waals surface area (Å²) < 4.78 is 51.6. The maximum atomic E-state index is 11.8. The molecule has 7 N–H and O–H groups in total. The number of aromatic amines is 1. The van der Waals surface area contributed by atoms with Crippen molar-refractivity contribution in [2.45, 2.75) is 24.5 Å². The fraction of sp³-hybridized carbons (Fsp3) is 0.500. The van der Waals surface area contributed by atoms with Gasteiger partial charge in [0.15, 0.2) is 17.4 Å². The molecule has 1 saturated heterocycles. The molecule has 1 radical (unpaired) electrons. The first-order valence-electron chi connectivity index (χ1n) is 7.89. The Balaban J connectivity index is 0.00000363. The largest absolute Gasteiger partial charge is 0.490 e. The Morgan fingerprint density at radius 1 is 1.06 bits per heavy atom. The van der Waals surface area contributed by atoms with Gasteiger partial charge in [-0.3, -0.25) is 13.9 Å². The Bertz CT molecular complexity index is 1170. The third-order valence-electron chi connectivity index (χ3n) is 3.79. The zero-order valence-electron chi connectivity index (χ0n) is 15.1. The number of aromatic nitrogens is 4. The van der Waals surface area contributed by atoms with Gasteiger partial charge < -0.3 is 39.5 Å². The second-order valence-electron chi connectivity index (χ2n) is 5.99. The molecule has 0 saturated carbocycles. The molecule has 18 nitrogen and oxygen atoms in total. The summed E-state index contributed by atoms with van der Waals surface area (Å²) >= 11 is 0. The van der Waals surface area contributed by atoms with Crippen LogP contribution in [0.2, 0.25) is 0 Å². The third-order valence-corrected chi connectivity index (χ3v) is 7.60. The number of ether oxygens (including phenoxy) is 1. The average molecular weight is 567 g/mol. The predicted octanol–water partition coefficient (Wildman–Crippen LogP) is -1.92. The van der Waals surface area contributed by atoms with Crippen molar-refractivity contribution in [2.75, 3.05) is 6.61 Å². The number of hydrogen-bond donors (Lipinski definition) is 7. The minimum absolute atomic E-state index is 0. The van der Waals surface area contributed by atoms with Gasteiger partial charge in [0, 0.05) is 16.8 Å². The Morgan fingerprint density at radius 3 is 2.34 bits per heavy atom. The molecule has 2 aromatic rings. The van der Waals surface area contributed by atoms with E-state index in [1.165, 1.54) is 0 Å². The minimum Gasteiger partial charge on any atom is -0.387 e. The van der Waals surface area contributed by atoms with Crippen molar-refractivity contribution in [3.8, 4) is 0 Å². The number of H-pyrrole nitrogens is 1. The molecule has 2 unspecified atom stereocenters. The van der Waals surface area contributed by atoms with Crippen LogP contribution in [0, 0.1) is 0 Å². The molecule has 0 amide bonds. The Hall–Kier alpha value is -0.854. The van der Waals surface area contributed by atoms with Gasteiger partial charge in [0.1, 0.15) is 18.3 Å². The fourth-order valence-corrected chi connectivity index (χ4v) is 5.65. The zero-order chi connectivity index (χ0) is 23.2. The molecule has 1 fully saturated rings. The molecular weight excluding hydrogens is 552 g/mol. The van der Waals surface area contributed by atoms with Crippen molar-refractivity contribution < 1.29 is 78.1 Å². The number of nitrogens with one attached hydrogen (secondary N) is 1. The maximum absolute atomic E-state index is 11.8. The van der Waals surface area contributed by atoms with Gasteiger partial charge >= 0.3 is 23.5 Å². The van der Waals surface area contributed by atoms with Crippen LogP contribution in [0.15, 0.2) is 17.4 Å². The summed E-state index contributed by atoms with van der Waals surface area (Å²) in [5, 5.41) is 20.3. The average Bonchev–Trinajstić information content (AvgIpc) is 3.13. The number of nitrogens with zero attached hydrogens (tertiary/aromatic N) is 3. The van der Waals surface area contributed by atoms with E-state index in [0.29, 0.717) is 0 Å². The van der Waals surface area contributed by atoms with E-state index in [0.717, 1.165) is 17.2 Å². The molecule has 1 aliphatic rings. The maximum Gasteiger partial charge on any atom is 0.490 e. The first kappa shape index (κ1) is 27.4. The number of phosphoric ester groups is 1. The molecule has 2 aromatic heterocycles. The van der Waals surface area contributed by atoms with Crippen LogP contribution in [0.3, 0.4) is 0 Å². The van der Waals surface area contributed by atoms with Crippen molar-refractivity contribution in [3.05, 3.63) is 23.0 Å². The summed E-state index contributed by atoms with van der Waals surface area (Å²) in [6.45, 7) is -0.987. The van der Waals surface area contributed by atoms with Crippen LogP contribution >= 0.6 is 23.5 Å². The van der Waals surface area contributed by atoms with Crippen molar-refractivity contribution in [3.63, 3.8) is 0 Å². The van der Waals surface area contributed by atoms with E-state index in [-0.39, 0.29) is 27.9 Å². The third kappa shape index (κ3) is 6.38. The summed E-state index contributed by atoms with van der Waals surface area (Å²) in [5.41, 5.74) is -0.681. The molecule has 32 heavy (non-hydrogen) atoms. The molecule has 0 aromatic carbocycles. The van der Waals surface area contributed by atoms with E-state index in [4.69, 9.17) is 19.4 Å². The van der Waals surface area contributed by atoms with E-state index in [2.05, 4.69) is 28.1 Å². The molecule has 3 rings (SSSR count). The van der Waals surface area contributed by atoms with Crippen molar-refractivity contribution in [1.82, 2.24) is 19.5 Å². The van der Waals surface area contributed by atoms with Gasteiger partial charge in [-0.15, -0.1) is 0 Å². The van der Waals surface area contributed by atoms with Crippen LogP contribution in [0.5, 0.6) is 0 Å². The van der Waals surface area contributed by atoms with Gasteiger partial charge in [-0.2, -0.15) is 8.62 Å². The molecule has 0 aliphatic carbocycles. The molecule has 0 bridgehead atoms. The van der Waals surface area contributed by atoms with Crippen LogP contribution in [0.4, 0.5) is 0 Å². The van der Waals surface area contributed by atoms with Gasteiger partial charge in [-0.1, -0.05) is 0 Å². The van der Waals surface area contributed by atoms with Crippen molar-refractivity contribution >= 4 is 34.6 Å². The van der Waals surface area contributed by atoms with Crippen LogP contribution < -0.4 is 5.56 Å². The van der Waals surface area contributed by atoms with Crippen LogP contribution in [0.1, 0.15) is 6.23 Å². The topological polar surface area (TPSA) is 273 Å². The molecular formula is C10H15CoN4O14P3. The molecule has 3 heterocycles. The Labute approximate surface area is 186 Å². The normalized spacial score (nSPS) is 27.6. The number of rotatable bonds is 8. The Morgan fingerprint density at radius 2 is 1.72 bits per heavy atom. The molecule has 6 atom stereocenters. The molecule has 22 heteroatoms. The smallest absolute Gasteiger partial charge is 0.387 e. The first-order chi connectivity index (χ1) is 14.2. The number of phosphoric acid groups is 3. The molecule has 1 aliphatic heterocycles. The minimum atomic E-state index is -5.72. The van der Waals surface area contributed by atoms with E-state index in [1.54, 1.807) is 0 Å². The van der Waals surface area contributed by atoms with Gasteiger partial charge in [0.05, 0.1) is 19.3 Å². The predicted molar refractivity (Wildman–Crippen MR) is 93.9 cm³/mol. The summed E-state index contributed by atoms with van der Waals surface area (Å²) in [6.07, 6.45) is -4.05. The summed E-state index contributed by atoms with van der Waals surface area (Å²) in [4.78, 5) is 57.2. The monoisotopic (exact) mass is 567 g/mol. The Kier molecular flexibility index (Phi) is 8.38. The van der Waals surface area contributed by atoms with E-state index in [9.17, 15) is 33.6 Å². The fourth-order valence-electron chi connectivity index (χ4n) is 2.62. The van der Waals surface area contributed by atoms with E-state index >= 15 is 0 Å². The SMILES string of the molecule is O=c1[nH]cnc2c1ncn2[C@@H]1O[C@H](COP(=O)(O)OP(=O)(O)OP(=O)(O)O)[C@@H](O)[C@H]1O.[Co]. The van der Waals surface area contributed by atoms with Crippen molar-refractivity contribution in [1.29, 1.82) is 0 Å². The standard InChI is InChI=1S/C10H15N4O14P3.Co/c15-6-4(1-25-30(21,22)28-31(23,24)27-29(18,19)20)26-10(7(6)16)14-3-13-5-8(14)11-2-12-9(5)17;/h2-4,6-7,10,15-16H,1H2,(H,21,22)(H,23,24)(H,11,12,17)(H2,18,19,20);/t4-,6-,7-,10-;/m1./s1. The second kappa shape index (κ2) is 9.79. The van der Waals surface area contributed by atoms with Crippen LogP contribution in [-0.2, 0) is 48.4 Å². The van der Waals surface area contributed by atoms with E-state index in [1.807, 2.05) is 0 Å². The zero-order valence-corrected chi connectivity index (χ0v) is 18.9. The number of aliphatic hydroxyl groups is 2. The number of aliphatic hydroxyl groups excluding tert-OH is 2. The summed E-state index contributed by atoms with van der Waals surface area (Å²) in [6, 6.07) is 0. The van der Waals surface area contributed by atoms with Gasteiger partial charge in [-0.25, -0.2) is 23.7 Å². The molecule has 183 valence electrons. The van der Waals surface area contributed by atoms with Gasteiger partial charge in [0.2, 0.25) is 0 Å². The number of imidazole rings is 1. The summed E-state index contributed by atoms with van der Waals surface area (Å²) in [7, 11) is -16.7. The van der Waals surface area contributed by atoms with Crippen LogP contribution in [-0.4, -0.2) is 74.2 Å². The quantitative estimate of drug-likeness (QED) is 0.171. The number of hydrogen-bond acceptors (Lipinski definition) is 12. The number of fused-ring (bicyclic) bond motifs is 1. The van der Waals surface area contributed by atoms with Crippen molar-refractivity contribution in [2.24, 2.45) is 0 Å². The first-order valence-corrected chi connectivity index (χ1v) is 12.4. The van der Waals surface area contributed by atoms with Gasteiger partial charge in [-0.05, 0) is 0 Å². The van der Waals surface area contributed by atoms with Gasteiger partial charge in [0.25, 0.3) is 5.56 Å². The molecule has 0 spiro atoms. The second-order valence-corrected chi connectivity index (χ2v) is 10.4. The van der Waals surface area contributed by atoms with Crippen LogP contribution in [0.25, 0.3) is 11.2 Å². The van der Waals surface area contributed by atoms with E-state index < -0.39 is 60.2 Å². The summed E-state index contributed by atoms with van der Waals surface area (Å²) in [5.74, 6) is 0.